The Hall–Kier alpha value is -4.39. The van der Waals surface area contributed by atoms with Gasteiger partial charge in [-0.2, -0.15) is 5.10 Å². The molecule has 4 aromatic rings. The lowest BCUT2D eigenvalue weighted by atomic mass is 10.1. The predicted octanol–water partition coefficient (Wildman–Crippen LogP) is 5.20. The van der Waals surface area contributed by atoms with Crippen molar-refractivity contribution in [2.75, 3.05) is 13.7 Å². The van der Waals surface area contributed by atoms with Crippen molar-refractivity contribution in [2.24, 2.45) is 5.10 Å². The number of benzene rings is 3. The van der Waals surface area contributed by atoms with Gasteiger partial charge >= 0.3 is 5.97 Å². The average Bonchev–Trinajstić information content (AvgIpc) is 3.15. The molecule has 3 aromatic carbocycles. The summed E-state index contributed by atoms with van der Waals surface area (Å²) in [5.74, 6) is -0.235. The van der Waals surface area contributed by atoms with Crippen LogP contribution in [0.15, 0.2) is 71.8 Å². The molecule has 35 heavy (non-hydrogen) atoms. The number of aryl methyl sites for hydroxylation is 1. The molecule has 0 saturated carbocycles. The average molecular weight is 470 g/mol. The number of hydrogen-bond donors (Lipinski definition) is 1. The Bertz CT molecular complexity index is 1440. The number of hydrogen-bond acceptors (Lipinski definition) is 5. The van der Waals surface area contributed by atoms with Crippen LogP contribution in [0, 0.1) is 13.8 Å². The standard InChI is InChI=1S/C28H27N3O4/c1-5-35-28(33)22-11-8-12-24(14-22)31-18(2)13-23(19(31)3)17-29-30-27(32)25-15-20-9-6-7-10-21(20)16-26(25)34-4/h6-17H,5H2,1-4H3,(H,30,32). The predicted molar refractivity (Wildman–Crippen MR) is 137 cm³/mol. The molecule has 178 valence electrons. The normalized spacial score (nSPS) is 11.1. The molecular formula is C28H27N3O4. The number of carbonyl (C=O) groups is 2. The number of carbonyl (C=O) groups excluding carboxylic acids is 2. The molecule has 0 aliphatic rings. The summed E-state index contributed by atoms with van der Waals surface area (Å²) >= 11 is 0. The van der Waals surface area contributed by atoms with Gasteiger partial charge in [0.05, 0.1) is 31.1 Å². The van der Waals surface area contributed by atoms with Crippen molar-refractivity contribution in [3.63, 3.8) is 0 Å². The molecule has 0 spiro atoms. The van der Waals surface area contributed by atoms with Gasteiger partial charge in [0, 0.05) is 22.6 Å². The highest BCUT2D eigenvalue weighted by Gasteiger charge is 2.15. The Morgan fingerprint density at radius 1 is 1.00 bits per heavy atom. The number of fused-ring (bicyclic) bond motifs is 1. The van der Waals surface area contributed by atoms with Crippen molar-refractivity contribution < 1.29 is 19.1 Å². The fraction of sp³-hybridized carbons (Fsp3) is 0.179. The minimum absolute atomic E-state index is 0.321. The number of aromatic nitrogens is 1. The van der Waals surface area contributed by atoms with Gasteiger partial charge in [-0.15, -0.1) is 0 Å². The first-order valence-electron chi connectivity index (χ1n) is 11.3. The van der Waals surface area contributed by atoms with Crippen LogP contribution in [0.1, 0.15) is 44.6 Å². The molecule has 0 saturated heterocycles. The molecule has 0 unspecified atom stereocenters. The second kappa shape index (κ2) is 10.3. The Labute approximate surface area is 204 Å². The number of nitrogens with zero attached hydrogens (tertiary/aromatic N) is 2. The van der Waals surface area contributed by atoms with Gasteiger partial charge in [0.1, 0.15) is 5.75 Å². The number of methoxy groups -OCH3 is 1. The first-order valence-corrected chi connectivity index (χ1v) is 11.3. The van der Waals surface area contributed by atoms with Gasteiger partial charge in [0.15, 0.2) is 0 Å². The van der Waals surface area contributed by atoms with Gasteiger partial charge in [-0.3, -0.25) is 4.79 Å². The lowest BCUT2D eigenvalue weighted by molar-refractivity contribution is 0.0526. The van der Waals surface area contributed by atoms with Gasteiger partial charge in [-0.05, 0) is 67.9 Å². The number of amides is 1. The zero-order valence-corrected chi connectivity index (χ0v) is 20.2. The number of esters is 1. The van der Waals surface area contributed by atoms with E-state index in [2.05, 4.69) is 10.5 Å². The highest BCUT2D eigenvalue weighted by Crippen LogP contribution is 2.26. The summed E-state index contributed by atoms with van der Waals surface area (Å²) in [5.41, 5.74) is 7.07. The molecule has 7 heteroatoms. The fourth-order valence-corrected chi connectivity index (χ4v) is 4.09. The van der Waals surface area contributed by atoms with Crippen molar-refractivity contribution in [2.45, 2.75) is 20.8 Å². The molecule has 4 rings (SSSR count). The van der Waals surface area contributed by atoms with E-state index >= 15 is 0 Å². The monoisotopic (exact) mass is 469 g/mol. The van der Waals surface area contributed by atoms with Crippen LogP contribution in [-0.4, -0.2) is 36.4 Å². The number of rotatable bonds is 7. The lowest BCUT2D eigenvalue weighted by Crippen LogP contribution is -2.18. The largest absolute Gasteiger partial charge is 0.496 e. The van der Waals surface area contributed by atoms with Crippen LogP contribution >= 0.6 is 0 Å². The van der Waals surface area contributed by atoms with Crippen LogP contribution in [0.25, 0.3) is 16.5 Å². The summed E-state index contributed by atoms with van der Waals surface area (Å²) < 4.78 is 12.6. The van der Waals surface area contributed by atoms with Crippen LogP contribution < -0.4 is 10.2 Å². The first-order chi connectivity index (χ1) is 16.9. The lowest BCUT2D eigenvalue weighted by Gasteiger charge is -2.11. The minimum Gasteiger partial charge on any atom is -0.496 e. The Balaban J connectivity index is 1.56. The van der Waals surface area contributed by atoms with Gasteiger partial charge in [-0.1, -0.05) is 30.3 Å². The second-order valence-corrected chi connectivity index (χ2v) is 8.03. The molecule has 0 atom stereocenters. The maximum atomic E-state index is 12.8. The van der Waals surface area contributed by atoms with Crippen LogP contribution in [-0.2, 0) is 4.74 Å². The van der Waals surface area contributed by atoms with E-state index in [1.54, 1.807) is 31.3 Å². The summed E-state index contributed by atoms with van der Waals surface area (Å²) in [6.07, 6.45) is 1.61. The smallest absolute Gasteiger partial charge is 0.338 e. The third-order valence-electron chi connectivity index (χ3n) is 5.77. The zero-order valence-electron chi connectivity index (χ0n) is 20.2. The van der Waals surface area contributed by atoms with Gasteiger partial charge in [0.2, 0.25) is 0 Å². The van der Waals surface area contributed by atoms with Crippen molar-refractivity contribution in [1.29, 1.82) is 0 Å². The molecule has 0 bridgehead atoms. The summed E-state index contributed by atoms with van der Waals surface area (Å²) in [5, 5.41) is 6.12. The molecule has 0 aliphatic heterocycles. The maximum absolute atomic E-state index is 12.8. The number of ether oxygens (including phenoxy) is 2. The molecule has 1 heterocycles. The third kappa shape index (κ3) is 4.94. The highest BCUT2D eigenvalue weighted by atomic mass is 16.5. The van der Waals surface area contributed by atoms with E-state index in [0.717, 1.165) is 33.4 Å². The molecule has 0 fully saturated rings. The van der Waals surface area contributed by atoms with E-state index in [1.165, 1.54) is 7.11 Å². The highest BCUT2D eigenvalue weighted by molar-refractivity contribution is 6.02. The second-order valence-electron chi connectivity index (χ2n) is 8.03. The van der Waals surface area contributed by atoms with Crippen LogP contribution in [0.4, 0.5) is 0 Å². The van der Waals surface area contributed by atoms with Crippen molar-refractivity contribution in [1.82, 2.24) is 9.99 Å². The van der Waals surface area contributed by atoms with E-state index < -0.39 is 0 Å². The zero-order chi connectivity index (χ0) is 24.9. The number of nitrogens with one attached hydrogen (secondary N) is 1. The molecule has 0 aliphatic carbocycles. The summed E-state index contributed by atoms with van der Waals surface area (Å²) in [6, 6.07) is 20.7. The SMILES string of the molecule is CCOC(=O)c1cccc(-n2c(C)cc(C=NNC(=O)c3cc4ccccc4cc3OC)c2C)c1. The van der Waals surface area contributed by atoms with E-state index in [0.29, 0.717) is 23.5 Å². The Morgan fingerprint density at radius 2 is 1.74 bits per heavy atom. The molecule has 1 amide bonds. The summed E-state index contributed by atoms with van der Waals surface area (Å²) in [6.45, 7) is 6.03. The quantitative estimate of drug-likeness (QED) is 0.229. The summed E-state index contributed by atoms with van der Waals surface area (Å²) in [4.78, 5) is 25.0. The summed E-state index contributed by atoms with van der Waals surface area (Å²) in [7, 11) is 1.54. The van der Waals surface area contributed by atoms with E-state index in [9.17, 15) is 9.59 Å². The van der Waals surface area contributed by atoms with Gasteiger partial charge in [0.25, 0.3) is 5.91 Å². The molecule has 1 aromatic heterocycles. The fourth-order valence-electron chi connectivity index (χ4n) is 4.09. The van der Waals surface area contributed by atoms with Gasteiger partial charge in [-0.25, -0.2) is 10.2 Å². The first kappa shape index (κ1) is 23.8. The molecule has 7 nitrogen and oxygen atoms in total. The molecule has 1 N–H and O–H groups in total. The van der Waals surface area contributed by atoms with E-state index in [-0.39, 0.29) is 11.9 Å². The van der Waals surface area contributed by atoms with Crippen LogP contribution in [0.2, 0.25) is 0 Å². The van der Waals surface area contributed by atoms with E-state index in [1.807, 2.05) is 66.9 Å². The number of hydrazone groups is 1. The molecule has 0 radical (unpaired) electrons. The Kier molecular flexibility index (Phi) is 6.96. The maximum Gasteiger partial charge on any atom is 0.338 e. The third-order valence-corrected chi connectivity index (χ3v) is 5.77. The van der Waals surface area contributed by atoms with Crippen molar-refractivity contribution >= 4 is 28.9 Å². The van der Waals surface area contributed by atoms with Crippen LogP contribution in [0.5, 0.6) is 5.75 Å². The Morgan fingerprint density at radius 3 is 2.46 bits per heavy atom. The minimum atomic E-state index is -0.361. The molecular weight excluding hydrogens is 442 g/mol. The van der Waals surface area contributed by atoms with Crippen molar-refractivity contribution in [3.05, 3.63) is 94.8 Å². The van der Waals surface area contributed by atoms with E-state index in [4.69, 9.17) is 9.47 Å². The van der Waals surface area contributed by atoms with Crippen molar-refractivity contribution in [3.8, 4) is 11.4 Å². The van der Waals surface area contributed by atoms with Crippen LogP contribution in [0.3, 0.4) is 0 Å². The topological polar surface area (TPSA) is 81.9 Å². The van der Waals surface area contributed by atoms with Gasteiger partial charge < -0.3 is 14.0 Å².